The molecule has 9 unspecified atom stereocenters. The quantitative estimate of drug-likeness (QED) is 0.185. The largest absolute Gasteiger partial charge is 0.342 e. The van der Waals surface area contributed by atoms with Gasteiger partial charge in [0.25, 0.3) is 0 Å². The summed E-state index contributed by atoms with van der Waals surface area (Å²) in [7, 11) is 0. The second kappa shape index (κ2) is 14.4. The van der Waals surface area contributed by atoms with Gasteiger partial charge in [0.1, 0.15) is 6.17 Å². The van der Waals surface area contributed by atoms with Crippen LogP contribution < -0.4 is 15.8 Å². The number of nitrogens with two attached hydrogens (primary N) is 1. The average Bonchev–Trinajstić information content (AvgIpc) is 3.24. The van der Waals surface area contributed by atoms with E-state index in [0.29, 0.717) is 12.3 Å². The van der Waals surface area contributed by atoms with Crippen molar-refractivity contribution in [2.75, 3.05) is 0 Å². The van der Waals surface area contributed by atoms with E-state index in [1.165, 1.54) is 11.9 Å². The predicted octanol–water partition coefficient (Wildman–Crippen LogP) is 6.30. The molecule has 204 valence electrons. The van der Waals surface area contributed by atoms with Gasteiger partial charge in [0.15, 0.2) is 6.17 Å². The Morgan fingerprint density at radius 1 is 1.25 bits per heavy atom. The molecule has 1 aromatic carbocycles. The van der Waals surface area contributed by atoms with Crippen LogP contribution in [0.2, 0.25) is 0 Å². The van der Waals surface area contributed by atoms with Gasteiger partial charge in [-0.2, -0.15) is 0 Å². The zero-order valence-electron chi connectivity index (χ0n) is 22.9. The number of amides is 1. The minimum absolute atomic E-state index is 0.129. The van der Waals surface area contributed by atoms with E-state index in [-0.39, 0.29) is 29.7 Å². The molecule has 2 rings (SSSR count). The molecule has 0 radical (unpaired) electrons. The van der Waals surface area contributed by atoms with E-state index < -0.39 is 29.6 Å². The normalized spacial score (nSPS) is 25.8. The lowest BCUT2D eigenvalue weighted by atomic mass is 9.64. The first-order valence-electron chi connectivity index (χ1n) is 13.6. The second-order valence-corrected chi connectivity index (χ2v) is 11.7. The molecule has 9 atom stereocenters. The van der Waals surface area contributed by atoms with Crippen molar-refractivity contribution in [1.29, 1.82) is 0 Å². The highest BCUT2D eigenvalue weighted by atomic mass is 32.2. The molecule has 36 heavy (non-hydrogen) atoms. The maximum atomic E-state index is 14.8. The Labute approximate surface area is 221 Å². The van der Waals surface area contributed by atoms with Crippen LogP contribution in [0.5, 0.6) is 0 Å². The molecule has 1 aromatic rings. The number of carbonyl (C=O) groups excluding carboxylic acids is 1. The van der Waals surface area contributed by atoms with Gasteiger partial charge in [0.2, 0.25) is 5.91 Å². The van der Waals surface area contributed by atoms with Gasteiger partial charge in [0.05, 0.1) is 11.3 Å². The Bertz CT molecular complexity index is 816. The van der Waals surface area contributed by atoms with E-state index >= 15 is 0 Å². The zero-order valence-corrected chi connectivity index (χ0v) is 23.7. The fraction of sp³-hybridized carbons (Fsp3) is 0.750. The van der Waals surface area contributed by atoms with Crippen molar-refractivity contribution in [3.63, 3.8) is 0 Å². The molecule has 1 amide bonds. The van der Waals surface area contributed by atoms with Gasteiger partial charge in [-0.3, -0.25) is 9.52 Å². The van der Waals surface area contributed by atoms with Crippen molar-refractivity contribution in [2.45, 2.75) is 109 Å². The van der Waals surface area contributed by atoms with Crippen LogP contribution in [-0.4, -0.2) is 29.7 Å². The Hall–Kier alpha value is -1.51. The highest BCUT2D eigenvalue weighted by molar-refractivity contribution is 7.98. The van der Waals surface area contributed by atoms with Crippen LogP contribution in [0.4, 0.5) is 4.39 Å². The number of nitroso groups, excluding NO2 is 1. The number of alkyl halides is 1. The van der Waals surface area contributed by atoms with Gasteiger partial charge in [-0.05, 0) is 42.6 Å². The van der Waals surface area contributed by atoms with E-state index in [2.05, 4.69) is 36.0 Å². The summed E-state index contributed by atoms with van der Waals surface area (Å²) in [5.41, 5.74) is 6.41. The number of hydrogen-bond donors (Lipinski definition) is 3. The molecule has 8 heteroatoms. The molecule has 1 saturated heterocycles. The first-order chi connectivity index (χ1) is 17.1. The molecule has 1 fully saturated rings. The Morgan fingerprint density at radius 3 is 2.47 bits per heavy atom. The molecule has 1 heterocycles. The third-order valence-corrected chi connectivity index (χ3v) is 9.64. The van der Waals surface area contributed by atoms with Crippen LogP contribution in [0.3, 0.4) is 0 Å². The van der Waals surface area contributed by atoms with E-state index in [1.54, 1.807) is 0 Å². The lowest BCUT2D eigenvalue weighted by molar-refractivity contribution is -0.129. The van der Waals surface area contributed by atoms with Gasteiger partial charge in [-0.15, -0.1) is 4.91 Å². The molecule has 6 nitrogen and oxygen atoms in total. The molecule has 0 aromatic heterocycles. The Morgan fingerprint density at radius 2 is 1.92 bits per heavy atom. The lowest BCUT2D eigenvalue weighted by Crippen LogP contribution is -2.53. The average molecular weight is 523 g/mol. The van der Waals surface area contributed by atoms with Crippen molar-refractivity contribution in [1.82, 2.24) is 10.0 Å². The van der Waals surface area contributed by atoms with Crippen LogP contribution in [-0.2, 0) is 10.2 Å². The summed E-state index contributed by atoms with van der Waals surface area (Å²) in [6, 6.07) is 9.92. The molecule has 0 spiro atoms. The van der Waals surface area contributed by atoms with Gasteiger partial charge in [-0.1, -0.05) is 108 Å². The number of rotatable bonds is 15. The smallest absolute Gasteiger partial charge is 0.227 e. The van der Waals surface area contributed by atoms with Crippen molar-refractivity contribution < 1.29 is 9.18 Å². The molecule has 0 aliphatic carbocycles. The van der Waals surface area contributed by atoms with Crippen molar-refractivity contribution in [3.05, 3.63) is 40.8 Å². The molecule has 0 saturated carbocycles. The summed E-state index contributed by atoms with van der Waals surface area (Å²) in [6.07, 6.45) is 2.81. The fourth-order valence-corrected chi connectivity index (χ4v) is 7.19. The van der Waals surface area contributed by atoms with Crippen LogP contribution in [0.15, 0.2) is 35.5 Å². The summed E-state index contributed by atoms with van der Waals surface area (Å²) in [5.74, 6) is -0.845. The summed E-state index contributed by atoms with van der Waals surface area (Å²) in [5, 5.41) is 6.19. The van der Waals surface area contributed by atoms with Gasteiger partial charge in [-0.25, -0.2) is 4.39 Å². The molecule has 4 N–H and O–H groups in total. The standard InChI is InChI=1S/C28H47FN4O2S/c1-7-10-14-20(8-2)24-19(5)33-36-27(24)31-26(34)23(25(30)32-35)18(4)28(6,17-22(29)9-3)21-15-12-11-13-16-21/h11-13,15-16,18-20,22-25,27,33H,7-10,14,17,30H2,1-6H3,(H,31,34). The number of hydrogen-bond acceptors (Lipinski definition) is 6. The number of halogens is 1. The third-order valence-electron chi connectivity index (χ3n) is 8.45. The summed E-state index contributed by atoms with van der Waals surface area (Å²) < 4.78 is 18.3. The molecule has 0 bridgehead atoms. The van der Waals surface area contributed by atoms with Crippen molar-refractivity contribution in [2.24, 2.45) is 34.6 Å². The van der Waals surface area contributed by atoms with E-state index in [4.69, 9.17) is 5.73 Å². The minimum Gasteiger partial charge on any atom is -0.342 e. The molecular formula is C28H47FN4O2S. The number of carbonyl (C=O) groups is 1. The highest BCUT2D eigenvalue weighted by Gasteiger charge is 2.47. The fourth-order valence-electron chi connectivity index (χ4n) is 5.88. The number of nitrogens with zero attached hydrogens (tertiary/aromatic N) is 1. The Kier molecular flexibility index (Phi) is 12.3. The van der Waals surface area contributed by atoms with Crippen LogP contribution in [0.1, 0.15) is 85.6 Å². The maximum absolute atomic E-state index is 14.8. The molecular weight excluding hydrogens is 475 g/mol. The summed E-state index contributed by atoms with van der Waals surface area (Å²) in [4.78, 5) is 25.5. The van der Waals surface area contributed by atoms with Crippen LogP contribution in [0, 0.1) is 28.6 Å². The summed E-state index contributed by atoms with van der Waals surface area (Å²) in [6.45, 7) is 12.3. The van der Waals surface area contributed by atoms with E-state index in [0.717, 1.165) is 31.2 Å². The van der Waals surface area contributed by atoms with E-state index in [9.17, 15) is 14.1 Å². The predicted molar refractivity (Wildman–Crippen MR) is 149 cm³/mol. The minimum atomic E-state index is -1.22. The van der Waals surface area contributed by atoms with Gasteiger partial charge < -0.3 is 11.1 Å². The summed E-state index contributed by atoms with van der Waals surface area (Å²) >= 11 is 1.54. The molecule has 1 aliphatic rings. The SMILES string of the molecule is CCCCC(CC)C1C(C)NSC1NC(=O)C(C(N)N=O)C(C)C(C)(CC(F)CC)c1ccccc1. The van der Waals surface area contributed by atoms with Crippen LogP contribution >= 0.6 is 11.9 Å². The number of benzene rings is 1. The van der Waals surface area contributed by atoms with Gasteiger partial charge >= 0.3 is 0 Å². The highest BCUT2D eigenvalue weighted by Crippen LogP contribution is 2.43. The first-order valence-corrected chi connectivity index (χ1v) is 14.5. The van der Waals surface area contributed by atoms with Crippen molar-refractivity contribution in [3.8, 4) is 0 Å². The first kappa shape index (κ1) is 30.7. The van der Waals surface area contributed by atoms with Crippen molar-refractivity contribution >= 4 is 17.9 Å². The third kappa shape index (κ3) is 7.29. The second-order valence-electron chi connectivity index (χ2n) is 10.7. The topological polar surface area (TPSA) is 96.6 Å². The number of unbranched alkanes of at least 4 members (excludes halogenated alkanes) is 1. The number of nitrogens with one attached hydrogen (secondary N) is 2. The Balaban J connectivity index is 2.37. The molecule has 1 aliphatic heterocycles. The van der Waals surface area contributed by atoms with Gasteiger partial charge in [0, 0.05) is 12.0 Å². The zero-order chi connectivity index (χ0) is 26.9. The maximum Gasteiger partial charge on any atom is 0.227 e. The monoisotopic (exact) mass is 522 g/mol. The van der Waals surface area contributed by atoms with Crippen LogP contribution in [0.25, 0.3) is 0 Å². The lowest BCUT2D eigenvalue weighted by Gasteiger charge is -2.42. The van der Waals surface area contributed by atoms with E-state index in [1.807, 2.05) is 51.1 Å².